The summed E-state index contributed by atoms with van der Waals surface area (Å²) in [7, 11) is -1.29. The summed E-state index contributed by atoms with van der Waals surface area (Å²) in [5.74, 6) is -0.851. The molecule has 13 heteroatoms. The van der Waals surface area contributed by atoms with Crippen LogP contribution in [-0.2, 0) is 14.8 Å². The molecular weight excluding hydrogens is 549 g/mol. The van der Waals surface area contributed by atoms with Gasteiger partial charge in [-0.2, -0.15) is 0 Å². The van der Waals surface area contributed by atoms with Gasteiger partial charge in [0.15, 0.2) is 0 Å². The summed E-state index contributed by atoms with van der Waals surface area (Å²) in [5, 5.41) is 2.72. The van der Waals surface area contributed by atoms with Gasteiger partial charge >= 0.3 is 0 Å². The molecule has 0 spiro atoms. The standard InChI is InChI=1S/C26H23ClFN5O5S/c1-29-24(34)15-7-18(8-15)33-13-31-21-5-3-14(9-19(21)26(33)35)16-10-22(25(38-2)30-12-16)32-39(36,37)23-6-4-17(28)11-20(23)27/h3-6,9-13,15,18,32H,7-8H2,1-2H3,(H,29,34). The molecule has 0 atom stereocenters. The second-order valence-electron chi connectivity index (χ2n) is 9.09. The number of fused-ring (bicyclic) bond motifs is 1. The summed E-state index contributed by atoms with van der Waals surface area (Å²) in [5.41, 5.74) is 1.37. The van der Waals surface area contributed by atoms with Crippen LogP contribution in [0, 0.1) is 11.7 Å². The minimum absolute atomic E-state index is 0.000949. The van der Waals surface area contributed by atoms with Crippen LogP contribution in [0.4, 0.5) is 10.1 Å². The van der Waals surface area contributed by atoms with Crippen molar-refractivity contribution < 1.29 is 22.3 Å². The van der Waals surface area contributed by atoms with Gasteiger partial charge in [-0.05, 0) is 54.8 Å². The smallest absolute Gasteiger partial charge is 0.263 e. The van der Waals surface area contributed by atoms with Crippen LogP contribution in [0.3, 0.4) is 0 Å². The Balaban J connectivity index is 1.49. The normalized spacial score (nSPS) is 16.9. The monoisotopic (exact) mass is 571 g/mol. The van der Waals surface area contributed by atoms with Gasteiger partial charge < -0.3 is 10.1 Å². The lowest BCUT2D eigenvalue weighted by molar-refractivity contribution is -0.128. The summed E-state index contributed by atoms with van der Waals surface area (Å²) >= 11 is 5.97. The predicted octanol–water partition coefficient (Wildman–Crippen LogP) is 3.76. The fraction of sp³-hybridized carbons (Fsp3) is 0.231. The van der Waals surface area contributed by atoms with Crippen LogP contribution in [0.2, 0.25) is 5.02 Å². The zero-order valence-electron chi connectivity index (χ0n) is 20.8. The van der Waals surface area contributed by atoms with Gasteiger partial charge in [-0.1, -0.05) is 17.7 Å². The molecule has 0 radical (unpaired) electrons. The maximum absolute atomic E-state index is 13.4. The van der Waals surface area contributed by atoms with Gasteiger partial charge in [0.1, 0.15) is 16.4 Å². The highest BCUT2D eigenvalue weighted by molar-refractivity contribution is 7.92. The van der Waals surface area contributed by atoms with Crippen LogP contribution >= 0.6 is 11.6 Å². The number of anilines is 1. The number of aromatic nitrogens is 3. The zero-order valence-corrected chi connectivity index (χ0v) is 22.4. The van der Waals surface area contributed by atoms with Gasteiger partial charge in [-0.15, -0.1) is 0 Å². The van der Waals surface area contributed by atoms with E-state index in [4.69, 9.17) is 16.3 Å². The van der Waals surface area contributed by atoms with Gasteiger partial charge in [0.2, 0.25) is 11.8 Å². The molecule has 2 aromatic carbocycles. The number of pyridine rings is 1. The number of nitrogens with zero attached hydrogens (tertiary/aromatic N) is 3. The predicted molar refractivity (Wildman–Crippen MR) is 144 cm³/mol. The van der Waals surface area contributed by atoms with Gasteiger partial charge in [-0.25, -0.2) is 22.8 Å². The van der Waals surface area contributed by atoms with E-state index in [1.54, 1.807) is 29.8 Å². The number of nitrogens with one attached hydrogen (secondary N) is 2. The summed E-state index contributed by atoms with van der Waals surface area (Å²) in [6.07, 6.45) is 4.09. The van der Waals surface area contributed by atoms with E-state index in [-0.39, 0.29) is 44.9 Å². The lowest BCUT2D eigenvalue weighted by Crippen LogP contribution is -2.41. The van der Waals surface area contributed by atoms with E-state index in [9.17, 15) is 22.4 Å². The quantitative estimate of drug-likeness (QED) is 0.345. The average Bonchev–Trinajstić information content (AvgIpc) is 2.88. The van der Waals surface area contributed by atoms with Crippen molar-refractivity contribution in [1.82, 2.24) is 19.9 Å². The van der Waals surface area contributed by atoms with Gasteiger partial charge in [0.25, 0.3) is 15.6 Å². The molecule has 5 rings (SSSR count). The Kier molecular flexibility index (Phi) is 7.00. The van der Waals surface area contributed by atoms with Crippen molar-refractivity contribution in [2.75, 3.05) is 18.9 Å². The fourth-order valence-corrected chi connectivity index (χ4v) is 6.13. The Morgan fingerprint density at radius 2 is 1.90 bits per heavy atom. The van der Waals surface area contributed by atoms with Crippen molar-refractivity contribution in [1.29, 1.82) is 0 Å². The van der Waals surface area contributed by atoms with Crippen LogP contribution < -0.4 is 20.3 Å². The third kappa shape index (κ3) is 5.04. The van der Waals surface area contributed by atoms with Gasteiger partial charge in [-0.3, -0.25) is 18.9 Å². The topological polar surface area (TPSA) is 132 Å². The van der Waals surface area contributed by atoms with Crippen LogP contribution in [-0.4, -0.2) is 43.0 Å². The van der Waals surface area contributed by atoms with E-state index in [0.29, 0.717) is 34.9 Å². The highest BCUT2D eigenvalue weighted by Crippen LogP contribution is 2.37. The highest BCUT2D eigenvalue weighted by Gasteiger charge is 2.35. The van der Waals surface area contributed by atoms with E-state index < -0.39 is 15.8 Å². The molecule has 2 heterocycles. The molecule has 0 saturated heterocycles. The highest BCUT2D eigenvalue weighted by atomic mass is 35.5. The van der Waals surface area contributed by atoms with E-state index >= 15 is 0 Å². The van der Waals surface area contributed by atoms with Crippen molar-refractivity contribution in [3.05, 3.63) is 76.2 Å². The first-order valence-corrected chi connectivity index (χ1v) is 13.7. The molecule has 2 aromatic heterocycles. The lowest BCUT2D eigenvalue weighted by atomic mass is 9.79. The molecule has 10 nitrogen and oxygen atoms in total. The number of ether oxygens (including phenoxy) is 1. The number of benzene rings is 2. The Hall–Kier alpha value is -4.03. The van der Waals surface area contributed by atoms with Crippen molar-refractivity contribution in [3.8, 4) is 17.0 Å². The zero-order chi connectivity index (χ0) is 27.9. The fourth-order valence-electron chi connectivity index (χ4n) is 4.55. The lowest BCUT2D eigenvalue weighted by Gasteiger charge is -2.34. The number of rotatable bonds is 7. The summed E-state index contributed by atoms with van der Waals surface area (Å²) in [6, 6.07) is 9.43. The van der Waals surface area contributed by atoms with Gasteiger partial charge in [0, 0.05) is 30.8 Å². The molecule has 0 unspecified atom stereocenters. The van der Waals surface area contributed by atoms with Crippen LogP contribution in [0.5, 0.6) is 5.88 Å². The van der Waals surface area contributed by atoms with Crippen LogP contribution in [0.1, 0.15) is 18.9 Å². The molecule has 1 fully saturated rings. The second kappa shape index (κ2) is 10.3. The maximum atomic E-state index is 13.4. The molecule has 202 valence electrons. The van der Waals surface area contributed by atoms with E-state index in [0.717, 1.165) is 18.2 Å². The number of carbonyl (C=O) groups excluding carboxylic acids is 1. The van der Waals surface area contributed by atoms with E-state index in [1.165, 1.54) is 25.7 Å². The molecule has 0 aliphatic heterocycles. The van der Waals surface area contributed by atoms with Crippen molar-refractivity contribution in [2.45, 2.75) is 23.8 Å². The summed E-state index contributed by atoms with van der Waals surface area (Å²) in [4.78, 5) is 33.5. The van der Waals surface area contributed by atoms with Gasteiger partial charge in [0.05, 0.1) is 29.4 Å². The molecule has 1 amide bonds. The average molecular weight is 572 g/mol. The Bertz CT molecular complexity index is 1770. The first kappa shape index (κ1) is 26.6. The summed E-state index contributed by atoms with van der Waals surface area (Å²) in [6.45, 7) is 0. The number of hydrogen-bond donors (Lipinski definition) is 2. The second-order valence-corrected chi connectivity index (χ2v) is 11.1. The molecule has 1 saturated carbocycles. The molecular formula is C26H23ClFN5O5S. The molecule has 4 aromatic rings. The Morgan fingerprint density at radius 1 is 1.13 bits per heavy atom. The number of halogens is 2. The third-order valence-corrected chi connectivity index (χ3v) is 8.56. The first-order valence-electron chi connectivity index (χ1n) is 11.9. The molecule has 39 heavy (non-hydrogen) atoms. The minimum atomic E-state index is -4.22. The third-order valence-electron chi connectivity index (χ3n) is 6.71. The number of sulfonamides is 1. The van der Waals surface area contributed by atoms with Crippen molar-refractivity contribution in [2.24, 2.45) is 5.92 Å². The number of amides is 1. The van der Waals surface area contributed by atoms with E-state index in [1.807, 2.05) is 0 Å². The maximum Gasteiger partial charge on any atom is 0.263 e. The first-order chi connectivity index (χ1) is 18.6. The molecule has 0 bridgehead atoms. The minimum Gasteiger partial charge on any atom is -0.480 e. The Labute approximate surface area is 227 Å². The van der Waals surface area contributed by atoms with Crippen LogP contribution in [0.15, 0.2) is 64.7 Å². The number of methoxy groups -OCH3 is 1. The Morgan fingerprint density at radius 3 is 2.59 bits per heavy atom. The molecule has 1 aliphatic rings. The van der Waals surface area contributed by atoms with Crippen molar-refractivity contribution in [3.63, 3.8) is 0 Å². The molecule has 2 N–H and O–H groups in total. The largest absolute Gasteiger partial charge is 0.480 e. The summed E-state index contributed by atoms with van der Waals surface area (Å²) < 4.78 is 48.6. The number of carbonyl (C=O) groups is 1. The van der Waals surface area contributed by atoms with E-state index in [2.05, 4.69) is 20.0 Å². The van der Waals surface area contributed by atoms with Crippen molar-refractivity contribution >= 4 is 44.1 Å². The van der Waals surface area contributed by atoms with Crippen LogP contribution in [0.25, 0.3) is 22.0 Å². The number of hydrogen-bond acceptors (Lipinski definition) is 7. The SMILES string of the molecule is CNC(=O)C1CC(n2cnc3ccc(-c4cnc(OC)c(NS(=O)(=O)c5ccc(F)cc5Cl)c4)cc3c2=O)C1. The molecule has 1 aliphatic carbocycles.